The minimum atomic E-state index is -0.424. The van der Waals surface area contributed by atoms with Crippen LogP contribution in [0, 0.1) is 0 Å². The molecule has 4 nitrogen and oxygen atoms in total. The fourth-order valence-corrected chi connectivity index (χ4v) is 3.49. The molecule has 1 N–H and O–H groups in total. The fraction of sp³-hybridized carbons (Fsp3) is 0.643. The molecule has 6 heteroatoms. The Labute approximate surface area is 132 Å². The van der Waals surface area contributed by atoms with E-state index >= 15 is 0 Å². The van der Waals surface area contributed by atoms with Gasteiger partial charge < -0.3 is 15.0 Å². The highest BCUT2D eigenvalue weighted by Gasteiger charge is 2.34. The lowest BCUT2D eigenvalue weighted by atomic mass is 10.1. The number of carbonyl (C=O) groups excluding carboxylic acids is 1. The molecule has 1 saturated heterocycles. The largest absolute Gasteiger partial charge is 0.444 e. The highest BCUT2D eigenvalue weighted by Crippen LogP contribution is 2.28. The third kappa shape index (κ3) is 4.20. The van der Waals surface area contributed by atoms with E-state index in [1.54, 1.807) is 16.2 Å². The molecule has 0 saturated carbocycles. The number of ether oxygens (including phenoxy) is 1. The molecule has 0 bridgehead atoms. The third-order valence-corrected chi connectivity index (χ3v) is 4.85. The Hall–Kier alpha value is -0.590. The molecule has 1 fully saturated rings. The smallest absolute Gasteiger partial charge is 0.410 e. The Kier molecular flexibility index (Phi) is 4.76. The summed E-state index contributed by atoms with van der Waals surface area (Å²) in [6.07, 6.45) is -0.220. The minimum absolute atomic E-state index is 0.220. The first kappa shape index (κ1) is 15.8. The van der Waals surface area contributed by atoms with E-state index in [0.717, 1.165) is 3.79 Å². The SMILES string of the molecule is CC(NC1CN(C(=O)OC(C)(C)C)C1)c1ccc(Br)s1. The third-order valence-electron chi connectivity index (χ3n) is 3.04. The molecule has 1 aliphatic rings. The first-order valence-electron chi connectivity index (χ1n) is 6.74. The molecule has 0 radical (unpaired) electrons. The highest BCUT2D eigenvalue weighted by atomic mass is 79.9. The van der Waals surface area contributed by atoms with Crippen molar-refractivity contribution in [1.29, 1.82) is 0 Å². The molecule has 1 aliphatic heterocycles. The van der Waals surface area contributed by atoms with Gasteiger partial charge in [-0.2, -0.15) is 0 Å². The molecule has 0 spiro atoms. The van der Waals surface area contributed by atoms with Crippen LogP contribution >= 0.6 is 27.3 Å². The Bertz CT molecular complexity index is 478. The van der Waals surface area contributed by atoms with Crippen LogP contribution in [0.5, 0.6) is 0 Å². The molecular weight excluding hydrogens is 340 g/mol. The highest BCUT2D eigenvalue weighted by molar-refractivity contribution is 9.11. The van der Waals surface area contributed by atoms with Crippen LogP contribution < -0.4 is 5.32 Å². The second-order valence-corrected chi connectivity index (χ2v) is 8.61. The van der Waals surface area contributed by atoms with Gasteiger partial charge >= 0.3 is 6.09 Å². The topological polar surface area (TPSA) is 41.6 Å². The molecule has 2 rings (SSSR count). The van der Waals surface area contributed by atoms with Crippen molar-refractivity contribution in [2.45, 2.75) is 45.4 Å². The standard InChI is InChI=1S/C14H21BrN2O2S/c1-9(11-5-6-12(15)20-11)16-10-7-17(8-10)13(18)19-14(2,3)4/h5-6,9-10,16H,7-8H2,1-4H3. The van der Waals surface area contributed by atoms with E-state index in [4.69, 9.17) is 4.74 Å². The predicted molar refractivity (Wildman–Crippen MR) is 85.2 cm³/mol. The zero-order chi connectivity index (χ0) is 14.9. The summed E-state index contributed by atoms with van der Waals surface area (Å²) in [7, 11) is 0. The van der Waals surface area contributed by atoms with Crippen LogP contribution in [0.15, 0.2) is 15.9 Å². The van der Waals surface area contributed by atoms with Gasteiger partial charge in [-0.1, -0.05) is 0 Å². The van der Waals surface area contributed by atoms with E-state index in [1.807, 2.05) is 20.8 Å². The lowest BCUT2D eigenvalue weighted by Crippen LogP contribution is -2.60. The number of halogens is 1. The van der Waals surface area contributed by atoms with E-state index in [-0.39, 0.29) is 6.09 Å². The summed E-state index contributed by atoms with van der Waals surface area (Å²) in [6, 6.07) is 4.83. The number of thiophene rings is 1. The number of rotatable bonds is 3. The molecule has 0 aromatic carbocycles. The van der Waals surface area contributed by atoms with E-state index < -0.39 is 5.60 Å². The van der Waals surface area contributed by atoms with Crippen molar-refractivity contribution < 1.29 is 9.53 Å². The number of nitrogens with zero attached hydrogens (tertiary/aromatic N) is 1. The van der Waals surface area contributed by atoms with Gasteiger partial charge in [-0.15, -0.1) is 11.3 Å². The van der Waals surface area contributed by atoms with Crippen molar-refractivity contribution in [2.75, 3.05) is 13.1 Å². The first-order valence-corrected chi connectivity index (χ1v) is 8.35. The van der Waals surface area contributed by atoms with Gasteiger partial charge in [0, 0.05) is 30.1 Å². The maximum absolute atomic E-state index is 11.8. The molecule has 112 valence electrons. The summed E-state index contributed by atoms with van der Waals surface area (Å²) in [4.78, 5) is 14.9. The maximum Gasteiger partial charge on any atom is 0.410 e. The summed E-state index contributed by atoms with van der Waals surface area (Å²) in [5.74, 6) is 0. The van der Waals surface area contributed by atoms with E-state index in [9.17, 15) is 4.79 Å². The summed E-state index contributed by atoms with van der Waals surface area (Å²) in [5.41, 5.74) is -0.424. The average Bonchev–Trinajstić information content (AvgIpc) is 2.66. The number of carbonyl (C=O) groups is 1. The van der Waals surface area contributed by atoms with Crippen LogP contribution in [-0.4, -0.2) is 35.7 Å². The van der Waals surface area contributed by atoms with E-state index in [1.165, 1.54) is 4.88 Å². The lowest BCUT2D eigenvalue weighted by Gasteiger charge is -2.41. The molecule has 1 unspecified atom stereocenters. The van der Waals surface area contributed by atoms with Crippen LogP contribution in [0.1, 0.15) is 38.6 Å². The minimum Gasteiger partial charge on any atom is -0.444 e. The van der Waals surface area contributed by atoms with Gasteiger partial charge in [-0.3, -0.25) is 0 Å². The summed E-state index contributed by atoms with van der Waals surface area (Å²) >= 11 is 5.21. The van der Waals surface area contributed by atoms with Gasteiger partial charge in [0.1, 0.15) is 5.60 Å². The van der Waals surface area contributed by atoms with Crippen molar-refractivity contribution in [1.82, 2.24) is 10.2 Å². The first-order chi connectivity index (χ1) is 9.24. The monoisotopic (exact) mass is 360 g/mol. The van der Waals surface area contributed by atoms with Gasteiger partial charge in [0.2, 0.25) is 0 Å². The Morgan fingerprint density at radius 2 is 2.15 bits per heavy atom. The van der Waals surface area contributed by atoms with Gasteiger partial charge in [0.25, 0.3) is 0 Å². The Morgan fingerprint density at radius 3 is 2.65 bits per heavy atom. The van der Waals surface area contributed by atoms with Crippen LogP contribution in [0.25, 0.3) is 0 Å². The number of hydrogen-bond donors (Lipinski definition) is 1. The number of likely N-dealkylation sites (tertiary alicyclic amines) is 1. The summed E-state index contributed by atoms with van der Waals surface area (Å²) in [5, 5.41) is 3.53. The predicted octanol–water partition coefficient (Wildman–Crippen LogP) is 3.78. The zero-order valence-electron chi connectivity index (χ0n) is 12.3. The van der Waals surface area contributed by atoms with Crippen molar-refractivity contribution in [2.24, 2.45) is 0 Å². The molecular formula is C14H21BrN2O2S. The number of amides is 1. The quantitative estimate of drug-likeness (QED) is 0.891. The number of hydrogen-bond acceptors (Lipinski definition) is 4. The Morgan fingerprint density at radius 1 is 1.50 bits per heavy atom. The van der Waals surface area contributed by atoms with Crippen molar-refractivity contribution in [3.05, 3.63) is 20.8 Å². The van der Waals surface area contributed by atoms with E-state index in [2.05, 4.69) is 40.3 Å². The molecule has 1 atom stereocenters. The molecule has 1 aromatic rings. The number of nitrogens with one attached hydrogen (secondary N) is 1. The van der Waals surface area contributed by atoms with Crippen molar-refractivity contribution in [3.8, 4) is 0 Å². The van der Waals surface area contributed by atoms with Gasteiger partial charge in [-0.05, 0) is 55.8 Å². The van der Waals surface area contributed by atoms with Crippen molar-refractivity contribution in [3.63, 3.8) is 0 Å². The molecule has 20 heavy (non-hydrogen) atoms. The van der Waals surface area contributed by atoms with E-state index in [0.29, 0.717) is 25.2 Å². The van der Waals surface area contributed by atoms with Gasteiger partial charge in [0.15, 0.2) is 0 Å². The van der Waals surface area contributed by atoms with Gasteiger partial charge in [-0.25, -0.2) is 4.79 Å². The molecule has 1 aromatic heterocycles. The second kappa shape index (κ2) is 6.03. The average molecular weight is 361 g/mol. The normalized spacial score (nSPS) is 17.8. The summed E-state index contributed by atoms with van der Waals surface area (Å²) < 4.78 is 6.48. The summed E-state index contributed by atoms with van der Waals surface area (Å²) in [6.45, 7) is 9.23. The second-order valence-electron chi connectivity index (χ2n) is 6.11. The Balaban J connectivity index is 1.75. The van der Waals surface area contributed by atoms with Crippen LogP contribution in [-0.2, 0) is 4.74 Å². The van der Waals surface area contributed by atoms with Crippen LogP contribution in [0.2, 0.25) is 0 Å². The molecule has 2 heterocycles. The fourth-order valence-electron chi connectivity index (χ4n) is 2.06. The van der Waals surface area contributed by atoms with Crippen LogP contribution in [0.3, 0.4) is 0 Å². The lowest BCUT2D eigenvalue weighted by molar-refractivity contribution is 0.00437. The molecule has 0 aliphatic carbocycles. The van der Waals surface area contributed by atoms with Crippen molar-refractivity contribution >= 4 is 33.4 Å². The zero-order valence-corrected chi connectivity index (χ0v) is 14.7. The van der Waals surface area contributed by atoms with Gasteiger partial charge in [0.05, 0.1) is 3.79 Å². The molecule has 1 amide bonds. The maximum atomic E-state index is 11.8. The van der Waals surface area contributed by atoms with Crippen LogP contribution in [0.4, 0.5) is 4.79 Å².